The monoisotopic (exact) mass is 396 g/mol. The number of halogens is 1. The molecule has 0 aliphatic carbocycles. The highest BCUT2D eigenvalue weighted by atomic mass is 19.1. The standard InChI is InChI=1S/C24H17FN4O/c25-18-8-11-20(26-14-18)21-12-13-22-24(27-21)29(19-9-6-16(15-30)7-10-19)23(28-22)17-4-2-1-3-5-17/h1-14,30H,15H2. The van der Waals surface area contributed by atoms with Crippen LogP contribution in [0.2, 0.25) is 0 Å². The van der Waals surface area contributed by atoms with Crippen LogP contribution in [0.4, 0.5) is 4.39 Å². The van der Waals surface area contributed by atoms with Crippen LogP contribution in [0, 0.1) is 5.82 Å². The van der Waals surface area contributed by atoms with Gasteiger partial charge in [-0.05, 0) is 42.0 Å². The number of hydrogen-bond acceptors (Lipinski definition) is 4. The normalized spacial score (nSPS) is 11.1. The third kappa shape index (κ3) is 3.23. The molecule has 0 spiro atoms. The number of hydrogen-bond donors (Lipinski definition) is 1. The lowest BCUT2D eigenvalue weighted by atomic mass is 10.2. The largest absolute Gasteiger partial charge is 0.392 e. The molecule has 0 aliphatic heterocycles. The average molecular weight is 396 g/mol. The maximum absolute atomic E-state index is 13.3. The number of imidazole rings is 1. The summed E-state index contributed by atoms with van der Waals surface area (Å²) in [5, 5.41) is 9.38. The van der Waals surface area contributed by atoms with Crippen LogP contribution >= 0.6 is 0 Å². The molecular formula is C24H17FN4O. The van der Waals surface area contributed by atoms with Gasteiger partial charge < -0.3 is 5.11 Å². The predicted molar refractivity (Wildman–Crippen MR) is 113 cm³/mol. The Bertz CT molecular complexity index is 1310. The van der Waals surface area contributed by atoms with E-state index in [1.165, 1.54) is 12.3 Å². The molecule has 5 rings (SSSR count). The Hall–Kier alpha value is -3.90. The van der Waals surface area contributed by atoms with E-state index in [4.69, 9.17) is 9.97 Å². The highest BCUT2D eigenvalue weighted by Crippen LogP contribution is 2.29. The van der Waals surface area contributed by atoms with Crippen LogP contribution < -0.4 is 0 Å². The summed E-state index contributed by atoms with van der Waals surface area (Å²) in [4.78, 5) is 13.8. The minimum atomic E-state index is -0.389. The fourth-order valence-corrected chi connectivity index (χ4v) is 3.40. The molecule has 0 bridgehead atoms. The fraction of sp³-hybridized carbons (Fsp3) is 0.0417. The summed E-state index contributed by atoms with van der Waals surface area (Å²) < 4.78 is 15.3. The van der Waals surface area contributed by atoms with Crippen LogP contribution in [0.1, 0.15) is 5.56 Å². The van der Waals surface area contributed by atoms with Crippen LogP contribution in [0.15, 0.2) is 85.1 Å². The zero-order valence-electron chi connectivity index (χ0n) is 15.9. The Morgan fingerprint density at radius 2 is 1.57 bits per heavy atom. The molecule has 0 aliphatic rings. The molecule has 1 N–H and O–H groups in total. The lowest BCUT2D eigenvalue weighted by Crippen LogP contribution is -2.00. The summed E-state index contributed by atoms with van der Waals surface area (Å²) in [7, 11) is 0. The highest BCUT2D eigenvalue weighted by Gasteiger charge is 2.16. The van der Waals surface area contributed by atoms with E-state index in [-0.39, 0.29) is 12.4 Å². The number of aromatic nitrogens is 4. The van der Waals surface area contributed by atoms with Crippen molar-refractivity contribution in [2.24, 2.45) is 0 Å². The lowest BCUT2D eigenvalue weighted by molar-refractivity contribution is 0.282. The van der Waals surface area contributed by atoms with Crippen molar-refractivity contribution in [3.8, 4) is 28.5 Å². The molecule has 6 heteroatoms. The van der Waals surface area contributed by atoms with Gasteiger partial charge in [-0.1, -0.05) is 42.5 Å². The number of aliphatic hydroxyl groups is 1. The summed E-state index contributed by atoms with van der Waals surface area (Å²) in [5.74, 6) is 0.374. The number of fused-ring (bicyclic) bond motifs is 1. The summed E-state index contributed by atoms with van der Waals surface area (Å²) in [5.41, 5.74) is 5.31. The van der Waals surface area contributed by atoms with Gasteiger partial charge in [-0.3, -0.25) is 9.55 Å². The van der Waals surface area contributed by atoms with Gasteiger partial charge in [-0.15, -0.1) is 0 Å². The first kappa shape index (κ1) is 18.1. The van der Waals surface area contributed by atoms with E-state index in [0.29, 0.717) is 17.0 Å². The number of nitrogens with zero attached hydrogens (tertiary/aromatic N) is 4. The molecule has 0 unspecified atom stereocenters. The maximum atomic E-state index is 13.3. The number of pyridine rings is 2. The molecule has 0 atom stereocenters. The van der Waals surface area contributed by atoms with Crippen molar-refractivity contribution >= 4 is 11.2 Å². The summed E-state index contributed by atoms with van der Waals surface area (Å²) in [6.45, 7) is -0.0187. The molecule has 0 saturated carbocycles. The van der Waals surface area contributed by atoms with Crippen molar-refractivity contribution in [2.75, 3.05) is 0 Å². The minimum Gasteiger partial charge on any atom is -0.392 e. The molecule has 3 heterocycles. The summed E-state index contributed by atoms with van der Waals surface area (Å²) in [6.07, 6.45) is 1.18. The van der Waals surface area contributed by atoms with Gasteiger partial charge in [0.25, 0.3) is 0 Å². The van der Waals surface area contributed by atoms with Crippen molar-refractivity contribution < 1.29 is 9.50 Å². The first-order chi connectivity index (χ1) is 14.7. The van der Waals surface area contributed by atoms with Crippen LogP contribution in [0.3, 0.4) is 0 Å². The van der Waals surface area contributed by atoms with E-state index in [1.807, 2.05) is 71.3 Å². The van der Waals surface area contributed by atoms with Gasteiger partial charge >= 0.3 is 0 Å². The second-order valence-corrected chi connectivity index (χ2v) is 6.86. The molecule has 146 valence electrons. The van der Waals surface area contributed by atoms with Gasteiger partial charge in [0.05, 0.1) is 24.2 Å². The zero-order valence-corrected chi connectivity index (χ0v) is 15.9. The van der Waals surface area contributed by atoms with Crippen molar-refractivity contribution in [2.45, 2.75) is 6.61 Å². The second-order valence-electron chi connectivity index (χ2n) is 6.86. The van der Waals surface area contributed by atoms with Gasteiger partial charge in [-0.2, -0.15) is 0 Å². The van der Waals surface area contributed by atoms with Gasteiger partial charge in [0.2, 0.25) is 0 Å². The van der Waals surface area contributed by atoms with Gasteiger partial charge in [0.15, 0.2) is 5.65 Å². The van der Waals surface area contributed by atoms with E-state index in [0.717, 1.165) is 28.2 Å². The Morgan fingerprint density at radius 3 is 2.27 bits per heavy atom. The third-order valence-electron chi connectivity index (χ3n) is 4.90. The Balaban J connectivity index is 1.75. The number of aliphatic hydroxyl groups excluding tert-OH is 1. The molecule has 0 amide bonds. The Morgan fingerprint density at radius 1 is 0.800 bits per heavy atom. The molecule has 2 aromatic carbocycles. The average Bonchev–Trinajstić information content (AvgIpc) is 3.19. The third-order valence-corrected chi connectivity index (χ3v) is 4.90. The Labute approximate surface area is 172 Å². The van der Waals surface area contributed by atoms with Crippen LogP contribution in [-0.4, -0.2) is 24.6 Å². The first-order valence-electron chi connectivity index (χ1n) is 9.50. The second kappa shape index (κ2) is 7.50. The first-order valence-corrected chi connectivity index (χ1v) is 9.50. The molecule has 30 heavy (non-hydrogen) atoms. The van der Waals surface area contributed by atoms with Gasteiger partial charge in [0.1, 0.15) is 17.2 Å². The summed E-state index contributed by atoms with van der Waals surface area (Å²) in [6, 6.07) is 24.2. The Kier molecular flexibility index (Phi) is 4.53. The SMILES string of the molecule is OCc1ccc(-n2c(-c3ccccc3)nc3ccc(-c4ccc(F)cn4)nc32)cc1. The van der Waals surface area contributed by atoms with Crippen molar-refractivity contribution in [3.63, 3.8) is 0 Å². The van der Waals surface area contributed by atoms with Crippen LogP contribution in [0.25, 0.3) is 39.6 Å². The molecule has 5 aromatic rings. The predicted octanol–water partition coefficient (Wildman–Crippen LogP) is 4.78. The van der Waals surface area contributed by atoms with E-state index in [9.17, 15) is 9.50 Å². The van der Waals surface area contributed by atoms with E-state index >= 15 is 0 Å². The van der Waals surface area contributed by atoms with E-state index in [1.54, 1.807) is 6.07 Å². The van der Waals surface area contributed by atoms with E-state index < -0.39 is 0 Å². The van der Waals surface area contributed by atoms with Crippen molar-refractivity contribution in [3.05, 3.63) is 96.4 Å². The minimum absolute atomic E-state index is 0.0187. The number of rotatable bonds is 4. The van der Waals surface area contributed by atoms with Gasteiger partial charge in [0, 0.05) is 11.3 Å². The molecule has 3 aromatic heterocycles. The van der Waals surface area contributed by atoms with Crippen molar-refractivity contribution in [1.29, 1.82) is 0 Å². The maximum Gasteiger partial charge on any atom is 0.165 e. The quantitative estimate of drug-likeness (QED) is 0.475. The van der Waals surface area contributed by atoms with E-state index in [2.05, 4.69) is 4.98 Å². The smallest absolute Gasteiger partial charge is 0.165 e. The van der Waals surface area contributed by atoms with Crippen LogP contribution in [0.5, 0.6) is 0 Å². The topological polar surface area (TPSA) is 63.8 Å². The molecule has 0 fully saturated rings. The fourth-order valence-electron chi connectivity index (χ4n) is 3.40. The van der Waals surface area contributed by atoms with Gasteiger partial charge in [-0.25, -0.2) is 14.4 Å². The number of benzene rings is 2. The highest BCUT2D eigenvalue weighted by molar-refractivity contribution is 5.82. The summed E-state index contributed by atoms with van der Waals surface area (Å²) >= 11 is 0. The zero-order chi connectivity index (χ0) is 20.5. The molecule has 5 nitrogen and oxygen atoms in total. The lowest BCUT2D eigenvalue weighted by Gasteiger charge is -2.10. The van der Waals surface area contributed by atoms with Crippen LogP contribution in [-0.2, 0) is 6.61 Å². The van der Waals surface area contributed by atoms with Crippen molar-refractivity contribution in [1.82, 2.24) is 19.5 Å². The molecular weight excluding hydrogens is 379 g/mol. The molecule has 0 radical (unpaired) electrons. The molecule has 0 saturated heterocycles.